The monoisotopic (exact) mass is 481 g/mol. The molecule has 2 rings (SSSR count). The minimum atomic E-state index is 0.202. The van der Waals surface area contributed by atoms with E-state index in [0.29, 0.717) is 0 Å². The number of hydrogen-bond donors (Lipinski definition) is 1. The van der Waals surface area contributed by atoms with Crippen molar-refractivity contribution in [1.82, 2.24) is 15.1 Å². The Kier molecular flexibility index (Phi) is 6.11. The molecule has 6 heteroatoms. The van der Waals surface area contributed by atoms with Gasteiger partial charge in [-0.2, -0.15) is 5.10 Å². The summed E-state index contributed by atoms with van der Waals surface area (Å²) in [6.45, 7) is 5.00. The second-order valence-electron chi connectivity index (χ2n) is 4.87. The van der Waals surface area contributed by atoms with Gasteiger partial charge >= 0.3 is 0 Å². The van der Waals surface area contributed by atoms with E-state index in [4.69, 9.17) is 11.6 Å². The Labute approximate surface area is 152 Å². The van der Waals surface area contributed by atoms with Gasteiger partial charge < -0.3 is 5.32 Å². The van der Waals surface area contributed by atoms with Crippen molar-refractivity contribution in [2.45, 2.75) is 32.9 Å². The second-order valence-corrected chi connectivity index (χ2v) is 7.26. The summed E-state index contributed by atoms with van der Waals surface area (Å²) in [5.74, 6) is 0. The molecule has 0 aliphatic carbocycles. The van der Waals surface area contributed by atoms with Gasteiger partial charge in [-0.05, 0) is 83.2 Å². The second kappa shape index (κ2) is 7.44. The number of likely N-dealkylation sites (N-methyl/N-ethyl adjacent to an activating group) is 1. The lowest BCUT2D eigenvalue weighted by atomic mass is 10.0. The van der Waals surface area contributed by atoms with Crippen molar-refractivity contribution < 1.29 is 0 Å². The van der Waals surface area contributed by atoms with Gasteiger partial charge in [-0.3, -0.25) is 4.68 Å². The molecule has 1 aromatic heterocycles. The van der Waals surface area contributed by atoms with E-state index in [1.54, 1.807) is 0 Å². The van der Waals surface area contributed by atoms with E-state index in [0.717, 1.165) is 28.2 Å². The molecule has 1 heterocycles. The van der Waals surface area contributed by atoms with E-state index < -0.39 is 0 Å². The fourth-order valence-electron chi connectivity index (χ4n) is 2.41. The molecule has 0 saturated heterocycles. The Bertz CT molecular complexity index is 642. The molecule has 1 N–H and O–H groups in total. The van der Waals surface area contributed by atoms with Crippen LogP contribution < -0.4 is 5.32 Å². The highest BCUT2D eigenvalue weighted by molar-refractivity contribution is 14.1. The van der Waals surface area contributed by atoms with E-state index in [1.807, 2.05) is 26.1 Å². The van der Waals surface area contributed by atoms with Crippen molar-refractivity contribution in [3.8, 4) is 0 Å². The maximum Gasteiger partial charge on any atom is 0.0738 e. The quantitative estimate of drug-likeness (QED) is 0.625. The van der Waals surface area contributed by atoms with Crippen LogP contribution in [-0.2, 0) is 13.0 Å². The van der Waals surface area contributed by atoms with Crippen molar-refractivity contribution in [1.29, 1.82) is 0 Å². The first kappa shape index (κ1) is 17.2. The maximum absolute atomic E-state index is 6.16. The van der Waals surface area contributed by atoms with Gasteiger partial charge in [0.1, 0.15) is 0 Å². The zero-order chi connectivity index (χ0) is 15.6. The lowest BCUT2D eigenvalue weighted by molar-refractivity contribution is 0.538. The van der Waals surface area contributed by atoms with E-state index in [2.05, 4.69) is 66.6 Å². The molecule has 0 fully saturated rings. The van der Waals surface area contributed by atoms with E-state index >= 15 is 0 Å². The summed E-state index contributed by atoms with van der Waals surface area (Å²) in [5.41, 5.74) is 3.46. The molecule has 0 radical (unpaired) electrons. The summed E-state index contributed by atoms with van der Waals surface area (Å²) >= 11 is 12.2. The Balaban J connectivity index is 2.38. The third-order valence-corrected chi connectivity index (χ3v) is 5.78. The molecule has 21 heavy (non-hydrogen) atoms. The summed E-state index contributed by atoms with van der Waals surface area (Å²) < 4.78 is 4.37. The van der Waals surface area contributed by atoms with Gasteiger partial charge in [-0.25, -0.2) is 0 Å². The first-order valence-corrected chi connectivity index (χ1v) is 9.06. The van der Waals surface area contributed by atoms with Gasteiger partial charge in [-0.15, -0.1) is 0 Å². The van der Waals surface area contributed by atoms with E-state index in [-0.39, 0.29) is 6.04 Å². The average Bonchev–Trinajstić information content (AvgIpc) is 2.74. The van der Waals surface area contributed by atoms with Crippen LogP contribution in [0.2, 0.25) is 5.02 Å². The van der Waals surface area contributed by atoms with E-state index in [1.165, 1.54) is 14.8 Å². The van der Waals surface area contributed by atoms with Crippen molar-refractivity contribution in [3.05, 3.63) is 48.2 Å². The van der Waals surface area contributed by atoms with Crippen LogP contribution in [0.5, 0.6) is 0 Å². The first-order chi connectivity index (χ1) is 9.97. The number of nitrogens with zero attached hydrogens (tertiary/aromatic N) is 2. The van der Waals surface area contributed by atoms with Crippen molar-refractivity contribution >= 4 is 50.1 Å². The van der Waals surface area contributed by atoms with Crippen molar-refractivity contribution in [3.63, 3.8) is 0 Å². The highest BCUT2D eigenvalue weighted by Crippen LogP contribution is 2.30. The fourth-order valence-corrected chi connectivity index (χ4v) is 3.74. The highest BCUT2D eigenvalue weighted by Gasteiger charge is 2.19. The number of halogens is 3. The minimum absolute atomic E-state index is 0.202. The molecule has 0 spiro atoms. The average molecular weight is 483 g/mol. The van der Waals surface area contributed by atoms with Gasteiger partial charge in [0.2, 0.25) is 0 Å². The smallest absolute Gasteiger partial charge is 0.0738 e. The standard InChI is InChI=1S/C15H18BrClIN3/c1-4-21-14(15(16)9(2)20-21)8-13(19-3)11-7-10(17)5-6-12(11)18/h5-7,13,19H,4,8H2,1-3H3. The van der Waals surface area contributed by atoms with Crippen LogP contribution in [0.3, 0.4) is 0 Å². The van der Waals surface area contributed by atoms with Crippen LogP contribution >= 0.6 is 50.1 Å². The SMILES string of the molecule is CCn1nc(C)c(Br)c1CC(NC)c1cc(Cl)ccc1I. The largest absolute Gasteiger partial charge is 0.313 e. The molecule has 1 atom stereocenters. The lowest BCUT2D eigenvalue weighted by Gasteiger charge is -2.19. The number of aryl methyl sites for hydroxylation is 2. The van der Waals surface area contributed by atoms with Crippen LogP contribution in [0.25, 0.3) is 0 Å². The normalized spacial score (nSPS) is 12.7. The van der Waals surface area contributed by atoms with Crippen molar-refractivity contribution in [2.24, 2.45) is 0 Å². The lowest BCUT2D eigenvalue weighted by Crippen LogP contribution is -2.21. The Hall–Kier alpha value is -0.110. The van der Waals surface area contributed by atoms with Gasteiger partial charge in [0.05, 0.1) is 15.9 Å². The first-order valence-electron chi connectivity index (χ1n) is 6.81. The van der Waals surface area contributed by atoms with Crippen LogP contribution in [0.4, 0.5) is 0 Å². The number of aromatic nitrogens is 2. The number of nitrogens with one attached hydrogen (secondary N) is 1. The molecule has 0 aliphatic heterocycles. The molecule has 0 amide bonds. The zero-order valence-corrected chi connectivity index (χ0v) is 16.8. The Morgan fingerprint density at radius 1 is 1.48 bits per heavy atom. The molecule has 0 bridgehead atoms. The minimum Gasteiger partial charge on any atom is -0.313 e. The summed E-state index contributed by atoms with van der Waals surface area (Å²) in [5, 5.41) is 8.73. The highest BCUT2D eigenvalue weighted by atomic mass is 127. The molecule has 2 aromatic rings. The van der Waals surface area contributed by atoms with Gasteiger partial charge in [0.25, 0.3) is 0 Å². The summed E-state index contributed by atoms with van der Waals surface area (Å²) in [6, 6.07) is 6.22. The summed E-state index contributed by atoms with van der Waals surface area (Å²) in [6.07, 6.45) is 0.863. The molecule has 1 aromatic carbocycles. The zero-order valence-electron chi connectivity index (χ0n) is 12.3. The number of hydrogen-bond acceptors (Lipinski definition) is 2. The molecule has 0 saturated carbocycles. The molecule has 3 nitrogen and oxygen atoms in total. The third kappa shape index (κ3) is 3.81. The van der Waals surface area contributed by atoms with Crippen LogP contribution in [0, 0.1) is 10.5 Å². The molecular weight excluding hydrogens is 464 g/mol. The molecule has 114 valence electrons. The summed E-state index contributed by atoms with van der Waals surface area (Å²) in [4.78, 5) is 0. The molecule has 1 unspecified atom stereocenters. The van der Waals surface area contributed by atoms with Gasteiger partial charge in [0, 0.05) is 27.6 Å². The van der Waals surface area contributed by atoms with Crippen LogP contribution in [-0.4, -0.2) is 16.8 Å². The topological polar surface area (TPSA) is 29.9 Å². The Morgan fingerprint density at radius 2 is 2.19 bits per heavy atom. The number of rotatable bonds is 5. The fraction of sp³-hybridized carbons (Fsp3) is 0.400. The van der Waals surface area contributed by atoms with E-state index in [9.17, 15) is 0 Å². The molecular formula is C15H18BrClIN3. The van der Waals surface area contributed by atoms with Gasteiger partial charge in [0.15, 0.2) is 0 Å². The number of benzene rings is 1. The van der Waals surface area contributed by atoms with Crippen molar-refractivity contribution in [2.75, 3.05) is 7.05 Å². The predicted octanol–water partition coefficient (Wildman–Crippen LogP) is 4.74. The Morgan fingerprint density at radius 3 is 2.81 bits per heavy atom. The maximum atomic E-state index is 6.16. The summed E-state index contributed by atoms with van der Waals surface area (Å²) in [7, 11) is 1.98. The predicted molar refractivity (Wildman–Crippen MR) is 100 cm³/mol. The van der Waals surface area contributed by atoms with Crippen LogP contribution in [0.15, 0.2) is 22.7 Å². The van der Waals surface area contributed by atoms with Gasteiger partial charge in [-0.1, -0.05) is 11.6 Å². The van der Waals surface area contributed by atoms with Crippen LogP contribution in [0.1, 0.15) is 29.9 Å². The molecule has 0 aliphatic rings. The third-order valence-electron chi connectivity index (χ3n) is 3.53.